The number of hydrogen-bond acceptors (Lipinski definition) is 4. The van der Waals surface area contributed by atoms with E-state index in [0.29, 0.717) is 0 Å². The first-order valence-electron chi connectivity index (χ1n) is 7.74. The largest absolute Gasteiger partial charge is 0.316 e. The van der Waals surface area contributed by atoms with E-state index < -0.39 is 0 Å². The Morgan fingerprint density at radius 2 is 1.00 bits per heavy atom. The highest BCUT2D eigenvalue weighted by Crippen LogP contribution is 1.96. The maximum atomic E-state index is 3.47. The predicted molar refractivity (Wildman–Crippen MR) is 81.3 cm³/mol. The molecule has 0 aromatic carbocycles. The molecule has 0 fully saturated rings. The highest BCUT2D eigenvalue weighted by molar-refractivity contribution is 4.56. The average molecular weight is 258 g/mol. The Kier molecular flexibility index (Phi) is 16.7. The highest BCUT2D eigenvalue weighted by Gasteiger charge is 1.90. The Morgan fingerprint density at radius 1 is 0.500 bits per heavy atom. The summed E-state index contributed by atoms with van der Waals surface area (Å²) in [7, 11) is 0. The van der Waals surface area contributed by atoms with Gasteiger partial charge in [0.05, 0.1) is 0 Å². The molecule has 0 amide bonds. The van der Waals surface area contributed by atoms with Gasteiger partial charge in [-0.15, -0.1) is 0 Å². The zero-order chi connectivity index (χ0) is 13.3. The number of unbranched alkanes of at least 4 members (excludes halogenated alkanes) is 3. The van der Waals surface area contributed by atoms with Crippen LogP contribution in [0.3, 0.4) is 0 Å². The van der Waals surface area contributed by atoms with Crippen molar-refractivity contribution in [1.29, 1.82) is 0 Å². The van der Waals surface area contributed by atoms with Gasteiger partial charge < -0.3 is 21.3 Å². The summed E-state index contributed by atoms with van der Waals surface area (Å²) in [5.41, 5.74) is 0. The quantitative estimate of drug-likeness (QED) is 0.330. The van der Waals surface area contributed by atoms with E-state index in [9.17, 15) is 0 Å². The van der Waals surface area contributed by atoms with E-state index in [1.54, 1.807) is 0 Å². The Hall–Kier alpha value is -0.160. The molecule has 0 saturated carbocycles. The van der Waals surface area contributed by atoms with Gasteiger partial charge in [0.1, 0.15) is 0 Å². The molecule has 0 aliphatic carbocycles. The lowest BCUT2D eigenvalue weighted by atomic mass is 10.2. The van der Waals surface area contributed by atoms with Crippen LogP contribution in [0.5, 0.6) is 0 Å². The summed E-state index contributed by atoms with van der Waals surface area (Å²) in [6, 6.07) is 0. The Labute approximate surface area is 114 Å². The number of likely N-dealkylation sites (N-methyl/N-ethyl adjacent to an activating group) is 1. The minimum atomic E-state index is 1.06. The van der Waals surface area contributed by atoms with Gasteiger partial charge in [-0.2, -0.15) is 0 Å². The maximum absolute atomic E-state index is 3.47. The Balaban J connectivity index is 2.86. The summed E-state index contributed by atoms with van der Waals surface area (Å²) in [6.07, 6.45) is 5.38. The summed E-state index contributed by atoms with van der Waals surface area (Å²) >= 11 is 0. The van der Waals surface area contributed by atoms with E-state index in [2.05, 4.69) is 35.1 Å². The van der Waals surface area contributed by atoms with Crippen LogP contribution in [0.15, 0.2) is 0 Å². The van der Waals surface area contributed by atoms with Crippen molar-refractivity contribution in [2.75, 3.05) is 52.4 Å². The lowest BCUT2D eigenvalue weighted by Gasteiger charge is -2.08. The molecule has 0 rings (SSSR count). The van der Waals surface area contributed by atoms with Crippen LogP contribution < -0.4 is 21.3 Å². The van der Waals surface area contributed by atoms with Gasteiger partial charge in [0.15, 0.2) is 0 Å². The zero-order valence-corrected chi connectivity index (χ0v) is 12.5. The van der Waals surface area contributed by atoms with Gasteiger partial charge in [-0.25, -0.2) is 0 Å². The third kappa shape index (κ3) is 15.8. The van der Waals surface area contributed by atoms with Crippen LogP contribution in [0.2, 0.25) is 0 Å². The zero-order valence-electron chi connectivity index (χ0n) is 12.5. The smallest absolute Gasteiger partial charge is 0.00772 e. The number of hydrogen-bond donors (Lipinski definition) is 4. The van der Waals surface area contributed by atoms with E-state index in [1.807, 2.05) is 0 Å². The summed E-state index contributed by atoms with van der Waals surface area (Å²) in [4.78, 5) is 0. The Morgan fingerprint density at radius 3 is 1.50 bits per heavy atom. The topological polar surface area (TPSA) is 48.1 Å². The molecule has 0 aromatic heterocycles. The third-order valence-corrected chi connectivity index (χ3v) is 2.89. The molecule has 0 spiro atoms. The lowest BCUT2D eigenvalue weighted by Crippen LogP contribution is -2.35. The van der Waals surface area contributed by atoms with Gasteiger partial charge in [-0.3, -0.25) is 0 Å². The average Bonchev–Trinajstić information content (AvgIpc) is 2.39. The van der Waals surface area contributed by atoms with Crippen LogP contribution >= 0.6 is 0 Å². The second-order valence-electron chi connectivity index (χ2n) is 4.66. The van der Waals surface area contributed by atoms with Gasteiger partial charge >= 0.3 is 0 Å². The molecule has 110 valence electrons. The van der Waals surface area contributed by atoms with Crippen LogP contribution in [-0.2, 0) is 0 Å². The van der Waals surface area contributed by atoms with Crippen LogP contribution in [0.1, 0.15) is 39.5 Å². The van der Waals surface area contributed by atoms with Gasteiger partial charge in [0, 0.05) is 39.3 Å². The van der Waals surface area contributed by atoms with E-state index in [0.717, 1.165) is 45.8 Å². The van der Waals surface area contributed by atoms with Gasteiger partial charge in [0.25, 0.3) is 0 Å². The van der Waals surface area contributed by atoms with Crippen molar-refractivity contribution in [3.05, 3.63) is 0 Å². The predicted octanol–water partition coefficient (Wildman–Crippen LogP) is 0.945. The number of rotatable bonds is 15. The minimum Gasteiger partial charge on any atom is -0.316 e. The van der Waals surface area contributed by atoms with Crippen LogP contribution in [0.4, 0.5) is 0 Å². The summed E-state index contributed by atoms with van der Waals surface area (Å²) in [6.45, 7) is 13.0. The molecule has 0 unspecified atom stereocenters. The van der Waals surface area contributed by atoms with Gasteiger partial charge in [-0.1, -0.05) is 33.1 Å². The fourth-order valence-corrected chi connectivity index (χ4v) is 1.76. The molecular weight excluding hydrogens is 224 g/mol. The summed E-state index contributed by atoms with van der Waals surface area (Å²) in [5, 5.41) is 13.6. The minimum absolute atomic E-state index is 1.06. The van der Waals surface area contributed by atoms with Gasteiger partial charge in [-0.05, 0) is 19.5 Å². The van der Waals surface area contributed by atoms with E-state index in [1.165, 1.54) is 32.2 Å². The van der Waals surface area contributed by atoms with Crippen molar-refractivity contribution < 1.29 is 0 Å². The van der Waals surface area contributed by atoms with Gasteiger partial charge in [0.2, 0.25) is 0 Å². The van der Waals surface area contributed by atoms with Crippen molar-refractivity contribution in [2.24, 2.45) is 0 Å². The lowest BCUT2D eigenvalue weighted by molar-refractivity contribution is 0.555. The maximum Gasteiger partial charge on any atom is 0.00772 e. The molecule has 0 aliphatic rings. The molecule has 0 saturated heterocycles. The second-order valence-corrected chi connectivity index (χ2v) is 4.66. The number of nitrogens with one attached hydrogen (secondary N) is 4. The van der Waals surface area contributed by atoms with Crippen molar-refractivity contribution >= 4 is 0 Å². The molecule has 4 heteroatoms. The van der Waals surface area contributed by atoms with Crippen molar-refractivity contribution in [3.63, 3.8) is 0 Å². The van der Waals surface area contributed by atoms with Crippen LogP contribution in [0.25, 0.3) is 0 Å². The molecule has 0 aromatic rings. The molecule has 4 N–H and O–H groups in total. The molecule has 18 heavy (non-hydrogen) atoms. The van der Waals surface area contributed by atoms with Crippen LogP contribution in [0, 0.1) is 0 Å². The van der Waals surface area contributed by atoms with Crippen molar-refractivity contribution in [2.45, 2.75) is 39.5 Å². The fourth-order valence-electron chi connectivity index (χ4n) is 1.76. The van der Waals surface area contributed by atoms with Crippen LogP contribution in [-0.4, -0.2) is 52.4 Å². The Bertz CT molecular complexity index is 126. The first kappa shape index (κ1) is 17.8. The summed E-state index contributed by atoms with van der Waals surface area (Å²) < 4.78 is 0. The molecule has 0 atom stereocenters. The fraction of sp³-hybridized carbons (Fsp3) is 1.00. The molecule has 0 heterocycles. The van der Waals surface area contributed by atoms with Crippen molar-refractivity contribution in [3.8, 4) is 0 Å². The first-order valence-corrected chi connectivity index (χ1v) is 7.74. The SMILES string of the molecule is CCCCCCNCCNCCNCCNCC. The van der Waals surface area contributed by atoms with E-state index in [4.69, 9.17) is 0 Å². The third-order valence-electron chi connectivity index (χ3n) is 2.89. The molecule has 0 radical (unpaired) electrons. The first-order chi connectivity index (χ1) is 8.91. The van der Waals surface area contributed by atoms with E-state index >= 15 is 0 Å². The molecule has 4 nitrogen and oxygen atoms in total. The molecular formula is C14H34N4. The van der Waals surface area contributed by atoms with E-state index in [-0.39, 0.29) is 0 Å². The highest BCUT2D eigenvalue weighted by atomic mass is 15.0. The summed E-state index contributed by atoms with van der Waals surface area (Å²) in [5.74, 6) is 0. The molecule has 0 bridgehead atoms. The molecule has 0 aliphatic heterocycles. The standard InChI is InChI=1S/C14H34N4/c1-3-5-6-7-8-16-11-12-18-14-13-17-10-9-15-4-2/h15-18H,3-14H2,1-2H3. The second kappa shape index (κ2) is 16.8. The monoisotopic (exact) mass is 258 g/mol. The normalized spacial score (nSPS) is 11.0. The van der Waals surface area contributed by atoms with Crippen molar-refractivity contribution in [1.82, 2.24) is 21.3 Å².